The van der Waals surface area contributed by atoms with E-state index in [0.717, 1.165) is 35.4 Å². The first-order valence-electron chi connectivity index (χ1n) is 10.1. The minimum atomic E-state index is -1.11. The molecule has 0 fully saturated rings. The molecule has 0 unspecified atom stereocenters. The first-order valence-corrected chi connectivity index (χ1v) is 14.6. The lowest BCUT2D eigenvalue weighted by atomic mass is 10.3. The van der Waals surface area contributed by atoms with Gasteiger partial charge in [0.15, 0.2) is 17.2 Å². The van der Waals surface area contributed by atoms with E-state index in [1.165, 1.54) is 7.11 Å². The number of methoxy groups -OCH3 is 1. The van der Waals surface area contributed by atoms with Crippen LogP contribution < -0.4 is 5.32 Å². The van der Waals surface area contributed by atoms with Gasteiger partial charge in [0.05, 0.1) is 25.2 Å². The lowest BCUT2D eigenvalue weighted by molar-refractivity contribution is 0.0595. The van der Waals surface area contributed by atoms with Gasteiger partial charge in [-0.2, -0.15) is 9.47 Å². The van der Waals surface area contributed by atoms with E-state index < -0.39 is 14.0 Å². The normalized spacial score (nSPS) is 11.8. The molecular weight excluding hydrogens is 446 g/mol. The quantitative estimate of drug-likeness (QED) is 0.222. The van der Waals surface area contributed by atoms with Gasteiger partial charge in [-0.25, -0.2) is 19.4 Å². The molecule has 0 atom stereocenters. The van der Waals surface area contributed by atoms with Gasteiger partial charge in [0, 0.05) is 44.9 Å². The lowest BCUT2D eigenvalue weighted by Gasteiger charge is -2.15. The number of carbonyl (C=O) groups is 1. The summed E-state index contributed by atoms with van der Waals surface area (Å²) in [6.07, 6.45) is 9.05. The Morgan fingerprint density at radius 2 is 2.09 bits per heavy atom. The Hall–Kier alpha value is -3.09. The van der Waals surface area contributed by atoms with Crippen LogP contribution in [-0.2, 0) is 16.2 Å². The second-order valence-corrected chi connectivity index (χ2v) is 14.8. The first-order chi connectivity index (χ1) is 15.3. The lowest BCUT2D eigenvalue weighted by Crippen LogP contribution is -2.22. The van der Waals surface area contributed by atoms with E-state index in [9.17, 15) is 4.79 Å². The third-order valence-corrected chi connectivity index (χ3v) is 7.13. The van der Waals surface area contributed by atoms with Gasteiger partial charge in [-0.15, -0.1) is 0 Å². The maximum atomic E-state index is 11.6. The minimum absolute atomic E-state index is 0.246. The molecule has 0 aliphatic heterocycles. The van der Waals surface area contributed by atoms with Gasteiger partial charge < -0.3 is 14.8 Å². The number of fused-ring (bicyclic) bond motifs is 1. The van der Waals surface area contributed by atoms with Gasteiger partial charge in [0.1, 0.15) is 11.7 Å². The number of esters is 1. The Bertz CT molecular complexity index is 1230. The molecular formula is C20H25N7O3SSi. The highest BCUT2D eigenvalue weighted by atomic mass is 32.1. The van der Waals surface area contributed by atoms with Crippen LogP contribution in [0.25, 0.3) is 16.9 Å². The zero-order chi connectivity index (χ0) is 22.7. The Kier molecular flexibility index (Phi) is 6.35. The van der Waals surface area contributed by atoms with Crippen molar-refractivity contribution in [1.82, 2.24) is 28.5 Å². The number of anilines is 2. The molecule has 0 aromatic carbocycles. The van der Waals surface area contributed by atoms with Crippen LogP contribution in [-0.4, -0.2) is 56.3 Å². The molecule has 0 saturated heterocycles. The highest BCUT2D eigenvalue weighted by molar-refractivity contribution is 7.10. The van der Waals surface area contributed by atoms with Crippen LogP contribution in [0.4, 0.5) is 10.8 Å². The van der Waals surface area contributed by atoms with Gasteiger partial charge in [0.2, 0.25) is 0 Å². The number of nitrogens with zero attached hydrogens (tertiary/aromatic N) is 6. The van der Waals surface area contributed by atoms with Crippen molar-refractivity contribution >= 4 is 42.0 Å². The molecule has 0 aliphatic rings. The van der Waals surface area contributed by atoms with E-state index in [-0.39, 0.29) is 5.69 Å². The van der Waals surface area contributed by atoms with E-state index in [0.29, 0.717) is 23.2 Å². The summed E-state index contributed by atoms with van der Waals surface area (Å²) in [5, 5.41) is 8.26. The molecule has 0 aliphatic carbocycles. The third kappa shape index (κ3) is 5.03. The van der Waals surface area contributed by atoms with E-state index in [1.807, 2.05) is 16.8 Å². The Morgan fingerprint density at radius 1 is 1.25 bits per heavy atom. The predicted octanol–water partition coefficient (Wildman–Crippen LogP) is 3.89. The number of nitrogens with one attached hydrogen (secondary N) is 1. The summed E-state index contributed by atoms with van der Waals surface area (Å²) in [4.78, 5) is 20.5. The number of imidazole rings is 1. The summed E-state index contributed by atoms with van der Waals surface area (Å²) in [5.74, 6) is 0.0749. The number of rotatable bonds is 9. The summed E-state index contributed by atoms with van der Waals surface area (Å²) in [6.45, 7) is 8.16. The van der Waals surface area contributed by atoms with Gasteiger partial charge in [-0.3, -0.25) is 4.40 Å². The van der Waals surface area contributed by atoms with Gasteiger partial charge in [-0.05, 0) is 17.6 Å². The molecule has 4 rings (SSSR count). The fourth-order valence-corrected chi connectivity index (χ4v) is 4.36. The van der Waals surface area contributed by atoms with Crippen molar-refractivity contribution in [3.05, 3.63) is 42.7 Å². The molecule has 0 amide bonds. The second-order valence-electron chi connectivity index (χ2n) is 8.42. The molecule has 0 saturated carbocycles. The number of carbonyl (C=O) groups excluding carboxylic acids is 1. The fourth-order valence-electron chi connectivity index (χ4n) is 2.98. The van der Waals surface area contributed by atoms with Crippen molar-refractivity contribution < 1.29 is 14.3 Å². The molecule has 0 radical (unpaired) electrons. The smallest absolute Gasteiger partial charge is 0.357 e. The van der Waals surface area contributed by atoms with Gasteiger partial charge in [0.25, 0.3) is 0 Å². The standard InChI is InChI=1S/C20H25N7O3SSi/c1-29-20(28)15-9-17(31-25-15)24-18-19-22-11-16(27(19)6-5-21-18)14-10-23-26(12-14)13-30-7-8-32(2,3)4/h5-6,9-12H,7-8,13H2,1-4H3,(H,21,24). The van der Waals surface area contributed by atoms with Crippen LogP contribution in [0.1, 0.15) is 10.5 Å². The molecule has 4 aromatic heterocycles. The molecule has 32 heavy (non-hydrogen) atoms. The molecule has 12 heteroatoms. The SMILES string of the molecule is COC(=O)c1cc(Nc2nccn3c(-c4cnn(COCC[Si](C)(C)C)c4)cnc23)sn1. The van der Waals surface area contributed by atoms with E-state index in [1.54, 1.807) is 29.3 Å². The molecule has 0 spiro atoms. The highest BCUT2D eigenvalue weighted by Gasteiger charge is 2.15. The maximum absolute atomic E-state index is 11.6. The van der Waals surface area contributed by atoms with E-state index >= 15 is 0 Å². The average Bonchev–Trinajstić information content (AvgIpc) is 3.49. The summed E-state index contributed by atoms with van der Waals surface area (Å²) in [5.41, 5.74) is 2.71. The zero-order valence-corrected chi connectivity index (χ0v) is 20.2. The van der Waals surface area contributed by atoms with E-state index in [4.69, 9.17) is 9.47 Å². The van der Waals surface area contributed by atoms with Crippen LogP contribution in [0.15, 0.2) is 37.1 Å². The Balaban J connectivity index is 1.49. The van der Waals surface area contributed by atoms with Crippen LogP contribution in [0.2, 0.25) is 25.7 Å². The first kappa shape index (κ1) is 22.1. The van der Waals surface area contributed by atoms with Crippen molar-refractivity contribution in [2.45, 2.75) is 32.4 Å². The monoisotopic (exact) mass is 471 g/mol. The molecule has 168 valence electrons. The topological polar surface area (TPSA) is 108 Å². The molecule has 1 N–H and O–H groups in total. The summed E-state index contributed by atoms with van der Waals surface area (Å²) < 4.78 is 18.3. The Morgan fingerprint density at radius 3 is 2.88 bits per heavy atom. The fraction of sp³-hybridized carbons (Fsp3) is 0.350. The van der Waals surface area contributed by atoms with Crippen molar-refractivity contribution in [3.63, 3.8) is 0 Å². The summed E-state index contributed by atoms with van der Waals surface area (Å²) in [6, 6.07) is 2.75. The van der Waals surface area contributed by atoms with Crippen LogP contribution in [0.3, 0.4) is 0 Å². The highest BCUT2D eigenvalue weighted by Crippen LogP contribution is 2.27. The van der Waals surface area contributed by atoms with Crippen LogP contribution in [0, 0.1) is 0 Å². The number of ether oxygens (including phenoxy) is 2. The van der Waals surface area contributed by atoms with Crippen molar-refractivity contribution in [1.29, 1.82) is 0 Å². The van der Waals surface area contributed by atoms with Crippen molar-refractivity contribution in [2.75, 3.05) is 19.0 Å². The largest absolute Gasteiger partial charge is 0.464 e. The maximum Gasteiger partial charge on any atom is 0.357 e. The van der Waals surface area contributed by atoms with E-state index in [2.05, 4.69) is 44.4 Å². The van der Waals surface area contributed by atoms with Crippen molar-refractivity contribution in [2.24, 2.45) is 0 Å². The molecule has 4 heterocycles. The molecule has 10 nitrogen and oxygen atoms in total. The molecule has 0 bridgehead atoms. The number of aromatic nitrogens is 6. The third-order valence-electron chi connectivity index (χ3n) is 4.72. The zero-order valence-electron chi connectivity index (χ0n) is 18.4. The predicted molar refractivity (Wildman–Crippen MR) is 125 cm³/mol. The molecule has 4 aromatic rings. The second kappa shape index (κ2) is 9.18. The van der Waals surface area contributed by atoms with Gasteiger partial charge >= 0.3 is 5.97 Å². The number of hydrogen-bond donors (Lipinski definition) is 1. The van der Waals surface area contributed by atoms with Crippen molar-refractivity contribution in [3.8, 4) is 11.3 Å². The Labute approximate surface area is 190 Å². The average molecular weight is 472 g/mol. The summed E-state index contributed by atoms with van der Waals surface area (Å²) >= 11 is 1.15. The summed E-state index contributed by atoms with van der Waals surface area (Å²) in [7, 11) is 0.216. The number of hydrogen-bond acceptors (Lipinski definition) is 9. The van der Waals surface area contributed by atoms with Crippen LogP contribution in [0.5, 0.6) is 0 Å². The minimum Gasteiger partial charge on any atom is -0.464 e. The van der Waals surface area contributed by atoms with Crippen LogP contribution >= 0.6 is 11.5 Å². The van der Waals surface area contributed by atoms with Gasteiger partial charge in [-0.1, -0.05) is 19.6 Å².